The zero-order valence-electron chi connectivity index (χ0n) is 9.69. The van der Waals surface area contributed by atoms with Gasteiger partial charge in [0.25, 0.3) is 0 Å². The van der Waals surface area contributed by atoms with E-state index in [1.807, 2.05) is 6.92 Å². The average Bonchev–Trinajstić information content (AvgIpc) is 2.24. The van der Waals surface area contributed by atoms with Crippen LogP contribution in [0.2, 0.25) is 0 Å². The van der Waals surface area contributed by atoms with Gasteiger partial charge in [0, 0.05) is 17.7 Å². The molecular weight excluding hydrogens is 253 g/mol. The van der Waals surface area contributed by atoms with Crippen molar-refractivity contribution in [2.75, 3.05) is 25.4 Å². The number of hydrogen-bond donors (Lipinski definition) is 2. The van der Waals surface area contributed by atoms with Crippen LogP contribution in [-0.4, -0.2) is 36.8 Å². The second-order valence-electron chi connectivity index (χ2n) is 4.36. The minimum atomic E-state index is -4.22. The van der Waals surface area contributed by atoms with Crippen LogP contribution in [0.4, 0.5) is 13.2 Å². The summed E-state index contributed by atoms with van der Waals surface area (Å²) in [6, 6.07) is 0. The van der Waals surface area contributed by atoms with Crippen LogP contribution in [0.1, 0.15) is 19.8 Å². The number of alkyl halides is 3. The van der Waals surface area contributed by atoms with Crippen LogP contribution in [0, 0.1) is 5.41 Å². The first-order valence-corrected chi connectivity index (χ1v) is 6.52. The number of thioether (sulfide) groups is 1. The molecule has 0 radical (unpaired) electrons. The number of hydrogen-bond acceptors (Lipinski definition) is 3. The highest BCUT2D eigenvalue weighted by Crippen LogP contribution is 2.30. The highest BCUT2D eigenvalue weighted by molar-refractivity contribution is 8.00. The van der Waals surface area contributed by atoms with E-state index >= 15 is 0 Å². The molecule has 1 aliphatic heterocycles. The Kier molecular flexibility index (Phi) is 5.12. The van der Waals surface area contributed by atoms with Crippen molar-refractivity contribution in [3.8, 4) is 0 Å². The standard InChI is InChI=1S/C10H17F3N2OS/c1-9(2-4-14-5-3-9)8(16)15-6-7-17-10(11,12)13/h14H,2-7H2,1H3,(H,15,16). The van der Waals surface area contributed by atoms with Gasteiger partial charge >= 0.3 is 5.51 Å². The summed E-state index contributed by atoms with van der Waals surface area (Å²) in [5.74, 6) is -0.273. The number of nitrogens with one attached hydrogen (secondary N) is 2. The number of halogens is 3. The highest BCUT2D eigenvalue weighted by Gasteiger charge is 2.34. The third-order valence-electron chi connectivity index (χ3n) is 2.91. The molecule has 1 aliphatic rings. The summed E-state index contributed by atoms with van der Waals surface area (Å²) in [5.41, 5.74) is -4.66. The third-order valence-corrected chi connectivity index (χ3v) is 3.64. The van der Waals surface area contributed by atoms with E-state index in [0.717, 1.165) is 25.9 Å². The SMILES string of the molecule is CC1(C(=O)NCCSC(F)(F)F)CCNCC1. The monoisotopic (exact) mass is 270 g/mol. The van der Waals surface area contributed by atoms with Gasteiger partial charge in [-0.2, -0.15) is 13.2 Å². The van der Waals surface area contributed by atoms with Crippen molar-refractivity contribution in [1.82, 2.24) is 10.6 Å². The Balaban J connectivity index is 2.24. The zero-order chi connectivity index (χ0) is 12.9. The number of carbonyl (C=O) groups excluding carboxylic acids is 1. The predicted octanol–water partition coefficient (Wildman–Crippen LogP) is 1.75. The zero-order valence-corrected chi connectivity index (χ0v) is 10.5. The molecule has 0 unspecified atom stereocenters. The molecule has 1 fully saturated rings. The summed E-state index contributed by atoms with van der Waals surface area (Å²) in [7, 11) is 0. The van der Waals surface area contributed by atoms with Crippen LogP contribution >= 0.6 is 11.8 Å². The molecule has 0 aromatic rings. The highest BCUT2D eigenvalue weighted by atomic mass is 32.2. The topological polar surface area (TPSA) is 41.1 Å². The van der Waals surface area contributed by atoms with Crippen molar-refractivity contribution in [2.24, 2.45) is 5.41 Å². The normalized spacial score (nSPS) is 20.0. The molecule has 2 N–H and O–H groups in total. The first kappa shape index (κ1) is 14.6. The first-order chi connectivity index (χ1) is 7.83. The van der Waals surface area contributed by atoms with Gasteiger partial charge in [-0.25, -0.2) is 0 Å². The van der Waals surface area contributed by atoms with E-state index in [9.17, 15) is 18.0 Å². The van der Waals surface area contributed by atoms with Gasteiger partial charge in [-0.05, 0) is 37.7 Å². The lowest BCUT2D eigenvalue weighted by Crippen LogP contribution is -2.46. The molecule has 1 saturated heterocycles. The molecule has 0 spiro atoms. The quantitative estimate of drug-likeness (QED) is 0.765. The Labute approximate surface area is 103 Å². The predicted molar refractivity (Wildman–Crippen MR) is 61.7 cm³/mol. The summed E-state index contributed by atoms with van der Waals surface area (Å²) in [4.78, 5) is 11.8. The molecule has 0 atom stereocenters. The van der Waals surface area contributed by atoms with E-state index in [0.29, 0.717) is 0 Å². The first-order valence-electron chi connectivity index (χ1n) is 5.53. The van der Waals surface area contributed by atoms with Crippen LogP contribution < -0.4 is 10.6 Å². The molecule has 0 bridgehead atoms. The van der Waals surface area contributed by atoms with Gasteiger partial charge in [0.05, 0.1) is 0 Å². The molecular formula is C10H17F3N2OS. The minimum absolute atomic E-state index is 0.0615. The van der Waals surface area contributed by atoms with Crippen LogP contribution in [0.5, 0.6) is 0 Å². The molecule has 1 heterocycles. The number of piperidine rings is 1. The second-order valence-corrected chi connectivity index (χ2v) is 5.52. The molecule has 7 heteroatoms. The van der Waals surface area contributed by atoms with Crippen molar-refractivity contribution in [2.45, 2.75) is 25.3 Å². The molecule has 0 aromatic carbocycles. The summed E-state index contributed by atoms with van der Waals surface area (Å²) >= 11 is -0.106. The van der Waals surface area contributed by atoms with Gasteiger partial charge < -0.3 is 10.6 Å². The Morgan fingerprint density at radius 3 is 2.53 bits per heavy atom. The number of rotatable bonds is 4. The lowest BCUT2D eigenvalue weighted by atomic mass is 9.80. The van der Waals surface area contributed by atoms with Crippen molar-refractivity contribution in [3.05, 3.63) is 0 Å². The molecule has 0 aliphatic carbocycles. The van der Waals surface area contributed by atoms with E-state index < -0.39 is 10.9 Å². The Morgan fingerprint density at radius 1 is 1.41 bits per heavy atom. The van der Waals surface area contributed by atoms with E-state index in [4.69, 9.17) is 0 Å². The lowest BCUT2D eigenvalue weighted by Gasteiger charge is -2.32. The van der Waals surface area contributed by atoms with Gasteiger partial charge in [-0.15, -0.1) is 0 Å². The van der Waals surface area contributed by atoms with E-state index in [-0.39, 0.29) is 30.0 Å². The largest absolute Gasteiger partial charge is 0.441 e. The van der Waals surface area contributed by atoms with E-state index in [2.05, 4.69) is 10.6 Å². The third kappa shape index (κ3) is 5.16. The average molecular weight is 270 g/mol. The van der Waals surface area contributed by atoms with Crippen LogP contribution in [0.3, 0.4) is 0 Å². The fraction of sp³-hybridized carbons (Fsp3) is 0.900. The Morgan fingerprint density at radius 2 is 2.00 bits per heavy atom. The summed E-state index contributed by atoms with van der Waals surface area (Å²) in [6.07, 6.45) is 1.45. The van der Waals surface area contributed by atoms with Gasteiger partial charge in [0.15, 0.2) is 0 Å². The number of carbonyl (C=O) groups is 1. The maximum absolute atomic E-state index is 11.9. The van der Waals surface area contributed by atoms with Gasteiger partial charge in [0.1, 0.15) is 0 Å². The smallest absolute Gasteiger partial charge is 0.355 e. The molecule has 1 rings (SSSR count). The Hall–Kier alpha value is -0.430. The summed E-state index contributed by atoms with van der Waals surface area (Å²) in [5, 5.41) is 5.73. The Bertz CT molecular complexity index is 265. The van der Waals surface area contributed by atoms with Gasteiger partial charge in [-0.3, -0.25) is 4.79 Å². The maximum atomic E-state index is 11.9. The van der Waals surface area contributed by atoms with Gasteiger partial charge in [0.2, 0.25) is 5.91 Å². The molecule has 17 heavy (non-hydrogen) atoms. The maximum Gasteiger partial charge on any atom is 0.441 e. The molecule has 0 saturated carbocycles. The van der Waals surface area contributed by atoms with Crippen LogP contribution in [0.25, 0.3) is 0 Å². The van der Waals surface area contributed by atoms with Crippen LogP contribution in [0.15, 0.2) is 0 Å². The van der Waals surface area contributed by atoms with E-state index in [1.54, 1.807) is 0 Å². The van der Waals surface area contributed by atoms with Crippen molar-refractivity contribution in [1.29, 1.82) is 0 Å². The fourth-order valence-electron chi connectivity index (χ4n) is 1.75. The van der Waals surface area contributed by atoms with Crippen LogP contribution in [-0.2, 0) is 4.79 Å². The molecule has 0 aromatic heterocycles. The number of amides is 1. The molecule has 3 nitrogen and oxygen atoms in total. The summed E-state index contributed by atoms with van der Waals surface area (Å²) < 4.78 is 35.6. The molecule has 1 amide bonds. The molecule has 100 valence electrons. The fourth-order valence-corrected chi connectivity index (χ4v) is 2.19. The van der Waals surface area contributed by atoms with Crippen molar-refractivity contribution >= 4 is 17.7 Å². The van der Waals surface area contributed by atoms with Crippen molar-refractivity contribution in [3.63, 3.8) is 0 Å². The minimum Gasteiger partial charge on any atom is -0.355 e. The lowest BCUT2D eigenvalue weighted by molar-refractivity contribution is -0.131. The second kappa shape index (κ2) is 5.95. The van der Waals surface area contributed by atoms with Gasteiger partial charge in [-0.1, -0.05) is 6.92 Å². The van der Waals surface area contributed by atoms with Crippen molar-refractivity contribution < 1.29 is 18.0 Å². The van der Waals surface area contributed by atoms with E-state index in [1.165, 1.54) is 0 Å². The summed E-state index contributed by atoms with van der Waals surface area (Å²) in [6.45, 7) is 3.48.